The molecule has 1 fully saturated rings. The first-order chi connectivity index (χ1) is 14.3. The summed E-state index contributed by atoms with van der Waals surface area (Å²) in [5, 5.41) is 0. The third-order valence-corrected chi connectivity index (χ3v) is 6.12. The summed E-state index contributed by atoms with van der Waals surface area (Å²) >= 11 is 0. The van der Waals surface area contributed by atoms with Crippen LogP contribution in [0.1, 0.15) is 81.9 Å². The van der Waals surface area contributed by atoms with Gasteiger partial charge in [0.15, 0.2) is 0 Å². The summed E-state index contributed by atoms with van der Waals surface area (Å²) in [5.41, 5.74) is 3.49. The van der Waals surface area contributed by atoms with E-state index in [0.717, 1.165) is 41.7 Å². The average molecular weight is 389 g/mol. The topological polar surface area (TPSA) is 9.23 Å². The van der Waals surface area contributed by atoms with Crippen molar-refractivity contribution in [3.63, 3.8) is 0 Å². The Balaban J connectivity index is 1.44. The lowest BCUT2D eigenvalue weighted by Crippen LogP contribution is -2.20. The van der Waals surface area contributed by atoms with Crippen LogP contribution in [0.25, 0.3) is 0 Å². The maximum Gasteiger partial charge on any atom is 0.119 e. The molecule has 1 nitrogen and oxygen atoms in total. The Morgan fingerprint density at radius 3 is 1.93 bits per heavy atom. The number of hydrogen-bond acceptors (Lipinski definition) is 1. The van der Waals surface area contributed by atoms with E-state index >= 15 is 0 Å². The fourth-order valence-electron chi connectivity index (χ4n) is 4.22. The summed E-state index contributed by atoms with van der Waals surface area (Å²) in [5.74, 6) is 9.18. The molecule has 0 bridgehead atoms. The summed E-state index contributed by atoms with van der Waals surface area (Å²) in [6.45, 7) is 5.36. The van der Waals surface area contributed by atoms with Crippen LogP contribution in [-0.2, 0) is 6.42 Å². The van der Waals surface area contributed by atoms with E-state index in [1.54, 1.807) is 0 Å². The minimum absolute atomic E-state index is 0.725. The molecule has 0 atom stereocenters. The van der Waals surface area contributed by atoms with Crippen LogP contribution >= 0.6 is 0 Å². The second-order valence-electron chi connectivity index (χ2n) is 8.56. The largest absolute Gasteiger partial charge is 0.493 e. The molecule has 0 spiro atoms. The molecular formula is C28H36O. The molecule has 0 amide bonds. The third kappa shape index (κ3) is 7.28. The summed E-state index contributed by atoms with van der Waals surface area (Å²) in [6.07, 6.45) is 11.9. The highest BCUT2D eigenvalue weighted by Gasteiger charge is 2.21. The van der Waals surface area contributed by atoms with Gasteiger partial charge in [-0.2, -0.15) is 0 Å². The highest BCUT2D eigenvalue weighted by molar-refractivity contribution is 5.44. The Kier molecular flexibility index (Phi) is 8.69. The molecule has 1 heteroatoms. The van der Waals surface area contributed by atoms with Crippen molar-refractivity contribution in [2.45, 2.75) is 71.6 Å². The maximum atomic E-state index is 6.07. The SMILES string of the molecule is CCCCC1CCC(COc2ccc(C#Cc3ccc(CCC)cc3)cc2)CC1. The summed E-state index contributed by atoms with van der Waals surface area (Å²) in [7, 11) is 0. The van der Waals surface area contributed by atoms with E-state index < -0.39 is 0 Å². The lowest BCUT2D eigenvalue weighted by Gasteiger charge is -2.28. The van der Waals surface area contributed by atoms with E-state index in [-0.39, 0.29) is 0 Å². The zero-order valence-electron chi connectivity index (χ0n) is 18.3. The van der Waals surface area contributed by atoms with E-state index in [1.807, 2.05) is 0 Å². The molecule has 0 aliphatic heterocycles. The van der Waals surface area contributed by atoms with Gasteiger partial charge in [-0.3, -0.25) is 0 Å². The quantitative estimate of drug-likeness (QED) is 0.428. The third-order valence-electron chi connectivity index (χ3n) is 6.12. The summed E-state index contributed by atoms with van der Waals surface area (Å²) < 4.78 is 6.07. The van der Waals surface area contributed by atoms with Gasteiger partial charge in [0.05, 0.1) is 6.61 Å². The molecule has 0 N–H and O–H groups in total. The first kappa shape index (κ1) is 21.5. The van der Waals surface area contributed by atoms with Crippen LogP contribution in [0.5, 0.6) is 5.75 Å². The Hall–Kier alpha value is -2.20. The van der Waals surface area contributed by atoms with Gasteiger partial charge in [0, 0.05) is 11.1 Å². The highest BCUT2D eigenvalue weighted by Crippen LogP contribution is 2.32. The van der Waals surface area contributed by atoms with Crippen LogP contribution in [-0.4, -0.2) is 6.61 Å². The minimum Gasteiger partial charge on any atom is -0.493 e. The Morgan fingerprint density at radius 2 is 1.34 bits per heavy atom. The lowest BCUT2D eigenvalue weighted by molar-refractivity contribution is 0.178. The highest BCUT2D eigenvalue weighted by atomic mass is 16.5. The van der Waals surface area contributed by atoms with Crippen molar-refractivity contribution in [1.82, 2.24) is 0 Å². The van der Waals surface area contributed by atoms with E-state index in [0.29, 0.717) is 0 Å². The molecule has 1 aliphatic carbocycles. The molecule has 2 aromatic rings. The Bertz CT molecular complexity index is 768. The first-order valence-electron chi connectivity index (χ1n) is 11.6. The van der Waals surface area contributed by atoms with Crippen molar-refractivity contribution >= 4 is 0 Å². The number of aryl methyl sites for hydroxylation is 1. The normalized spacial score (nSPS) is 18.7. The van der Waals surface area contributed by atoms with Crippen molar-refractivity contribution < 1.29 is 4.74 Å². The predicted molar refractivity (Wildman–Crippen MR) is 123 cm³/mol. The fraction of sp³-hybridized carbons (Fsp3) is 0.500. The number of hydrogen-bond donors (Lipinski definition) is 0. The Morgan fingerprint density at radius 1 is 0.759 bits per heavy atom. The standard InChI is InChI=1S/C28H36O/c1-3-5-7-24-14-16-27(17-15-24)22-29-28-20-18-26(19-21-28)13-12-25-10-8-23(6-4-2)9-11-25/h8-11,18-21,24,27H,3-7,14-17,22H2,1-2H3. The molecule has 1 saturated carbocycles. The lowest BCUT2D eigenvalue weighted by atomic mass is 9.80. The van der Waals surface area contributed by atoms with Crippen molar-refractivity contribution in [2.24, 2.45) is 11.8 Å². The molecule has 0 saturated heterocycles. The molecule has 0 unspecified atom stereocenters. The van der Waals surface area contributed by atoms with Crippen molar-refractivity contribution in [3.05, 3.63) is 65.2 Å². The van der Waals surface area contributed by atoms with Gasteiger partial charge in [-0.25, -0.2) is 0 Å². The summed E-state index contributed by atoms with van der Waals surface area (Å²) in [6, 6.07) is 16.8. The number of unbranched alkanes of at least 4 members (excludes halogenated alkanes) is 1. The first-order valence-corrected chi connectivity index (χ1v) is 11.6. The van der Waals surface area contributed by atoms with E-state index in [4.69, 9.17) is 4.74 Å². The molecule has 0 aromatic heterocycles. The number of ether oxygens (including phenoxy) is 1. The maximum absolute atomic E-state index is 6.07. The van der Waals surface area contributed by atoms with Gasteiger partial charge in [0.2, 0.25) is 0 Å². The van der Waals surface area contributed by atoms with Crippen LogP contribution in [0.15, 0.2) is 48.5 Å². The van der Waals surface area contributed by atoms with Gasteiger partial charge < -0.3 is 4.74 Å². The van der Waals surface area contributed by atoms with Gasteiger partial charge in [-0.1, -0.05) is 76.3 Å². The molecule has 2 aromatic carbocycles. The van der Waals surface area contributed by atoms with Gasteiger partial charge in [0.25, 0.3) is 0 Å². The minimum atomic E-state index is 0.725. The van der Waals surface area contributed by atoms with E-state index in [1.165, 1.54) is 56.9 Å². The number of benzene rings is 2. The van der Waals surface area contributed by atoms with Crippen LogP contribution < -0.4 is 4.74 Å². The second kappa shape index (κ2) is 11.7. The molecule has 154 valence electrons. The predicted octanol–water partition coefficient (Wildman–Crippen LogP) is 7.41. The van der Waals surface area contributed by atoms with Gasteiger partial charge in [-0.05, 0) is 73.1 Å². The number of rotatable bonds is 8. The van der Waals surface area contributed by atoms with Gasteiger partial charge >= 0.3 is 0 Å². The van der Waals surface area contributed by atoms with Gasteiger partial charge in [0.1, 0.15) is 5.75 Å². The molecular weight excluding hydrogens is 352 g/mol. The van der Waals surface area contributed by atoms with Crippen LogP contribution in [0.4, 0.5) is 0 Å². The Labute approximate surface area is 177 Å². The van der Waals surface area contributed by atoms with Crippen molar-refractivity contribution in [1.29, 1.82) is 0 Å². The molecule has 0 radical (unpaired) electrons. The van der Waals surface area contributed by atoms with E-state index in [2.05, 4.69) is 74.2 Å². The molecule has 3 rings (SSSR count). The van der Waals surface area contributed by atoms with Crippen LogP contribution in [0.2, 0.25) is 0 Å². The van der Waals surface area contributed by atoms with Gasteiger partial charge in [-0.15, -0.1) is 0 Å². The summed E-state index contributed by atoms with van der Waals surface area (Å²) in [4.78, 5) is 0. The fourth-order valence-corrected chi connectivity index (χ4v) is 4.22. The monoisotopic (exact) mass is 388 g/mol. The zero-order chi connectivity index (χ0) is 20.3. The average Bonchev–Trinajstić information content (AvgIpc) is 2.77. The molecule has 29 heavy (non-hydrogen) atoms. The molecule has 0 heterocycles. The molecule has 1 aliphatic rings. The second-order valence-corrected chi connectivity index (χ2v) is 8.56. The van der Waals surface area contributed by atoms with Crippen LogP contribution in [0, 0.1) is 23.7 Å². The zero-order valence-corrected chi connectivity index (χ0v) is 18.3. The van der Waals surface area contributed by atoms with Crippen molar-refractivity contribution in [2.75, 3.05) is 6.61 Å². The van der Waals surface area contributed by atoms with E-state index in [9.17, 15) is 0 Å². The van der Waals surface area contributed by atoms with Crippen molar-refractivity contribution in [3.8, 4) is 17.6 Å². The smallest absolute Gasteiger partial charge is 0.119 e. The van der Waals surface area contributed by atoms with Crippen LogP contribution in [0.3, 0.4) is 0 Å².